The second kappa shape index (κ2) is 5.19. The normalized spacial score (nSPS) is 10.8. The van der Waals surface area contributed by atoms with Gasteiger partial charge >= 0.3 is 5.97 Å². The van der Waals surface area contributed by atoms with Gasteiger partial charge in [-0.05, 0) is 12.1 Å². The maximum absolute atomic E-state index is 13.7. The molecule has 0 fully saturated rings. The van der Waals surface area contributed by atoms with Gasteiger partial charge < -0.3 is 5.11 Å². The molecule has 0 radical (unpaired) electrons. The molecule has 0 bridgehead atoms. The van der Waals surface area contributed by atoms with Crippen LogP contribution >= 0.6 is 11.3 Å². The number of carboxylic acids is 1. The van der Waals surface area contributed by atoms with E-state index in [2.05, 4.69) is 10.1 Å². The maximum Gasteiger partial charge on any atom is 0.355 e. The summed E-state index contributed by atoms with van der Waals surface area (Å²) in [6.45, 7) is 0. The molecule has 3 rings (SSSR count). The first-order valence-corrected chi connectivity index (χ1v) is 6.81. The fraction of sp³-hybridized carbons (Fsp3) is 0. The summed E-state index contributed by atoms with van der Waals surface area (Å²) in [7, 11) is 0. The van der Waals surface area contributed by atoms with Crippen LogP contribution in [0, 0.1) is 11.6 Å². The summed E-state index contributed by atoms with van der Waals surface area (Å²) in [4.78, 5) is 26.5. The SMILES string of the molecule is O=C(O)c1csc(-n2[nH]c(-c3cccc(F)c3F)cc2=O)n1. The third-order valence-electron chi connectivity index (χ3n) is 2.86. The van der Waals surface area contributed by atoms with Gasteiger partial charge in [0.15, 0.2) is 17.3 Å². The Morgan fingerprint density at radius 3 is 2.82 bits per heavy atom. The zero-order valence-corrected chi connectivity index (χ0v) is 11.5. The van der Waals surface area contributed by atoms with Crippen LogP contribution < -0.4 is 5.56 Å². The second-order valence-electron chi connectivity index (χ2n) is 4.27. The topological polar surface area (TPSA) is 88.0 Å². The smallest absolute Gasteiger partial charge is 0.355 e. The molecule has 112 valence electrons. The monoisotopic (exact) mass is 323 g/mol. The molecule has 0 aliphatic carbocycles. The van der Waals surface area contributed by atoms with E-state index in [-0.39, 0.29) is 22.1 Å². The number of aromatic amines is 1. The van der Waals surface area contributed by atoms with Gasteiger partial charge in [-0.2, -0.15) is 4.68 Å². The van der Waals surface area contributed by atoms with E-state index in [0.29, 0.717) is 0 Å². The Morgan fingerprint density at radius 2 is 2.14 bits per heavy atom. The molecular formula is C13H7F2N3O3S. The lowest BCUT2D eigenvalue weighted by atomic mass is 10.1. The molecule has 3 aromatic rings. The summed E-state index contributed by atoms with van der Waals surface area (Å²) in [5.74, 6) is -3.34. The van der Waals surface area contributed by atoms with Gasteiger partial charge in [-0.1, -0.05) is 6.07 Å². The molecule has 9 heteroatoms. The number of thiazole rings is 1. The highest BCUT2D eigenvalue weighted by Gasteiger charge is 2.16. The van der Waals surface area contributed by atoms with Crippen molar-refractivity contribution in [1.82, 2.24) is 14.8 Å². The molecule has 2 aromatic heterocycles. The number of hydrogen-bond acceptors (Lipinski definition) is 4. The predicted molar refractivity (Wildman–Crippen MR) is 74.4 cm³/mol. The molecule has 0 aliphatic rings. The van der Waals surface area contributed by atoms with Crippen LogP contribution in [0.5, 0.6) is 0 Å². The van der Waals surface area contributed by atoms with Crippen molar-refractivity contribution in [3.05, 3.63) is 57.3 Å². The highest BCUT2D eigenvalue weighted by atomic mass is 32.1. The molecule has 2 heterocycles. The van der Waals surface area contributed by atoms with Crippen molar-refractivity contribution >= 4 is 17.3 Å². The standard InChI is InChI=1S/C13H7F2N3O3S/c14-7-3-1-2-6(11(7)15)8-4-10(19)18(17-8)13-16-9(5-22-13)12(20)21/h1-5,17H,(H,20,21). The zero-order valence-electron chi connectivity index (χ0n) is 10.7. The Labute approximate surface area is 125 Å². The van der Waals surface area contributed by atoms with E-state index in [0.717, 1.165) is 28.2 Å². The van der Waals surface area contributed by atoms with Gasteiger partial charge in [-0.25, -0.2) is 18.6 Å². The third kappa shape index (κ3) is 2.31. The Morgan fingerprint density at radius 1 is 1.36 bits per heavy atom. The van der Waals surface area contributed by atoms with Gasteiger partial charge in [0.2, 0.25) is 5.13 Å². The Bertz CT molecular complexity index is 929. The molecule has 0 saturated carbocycles. The highest BCUT2D eigenvalue weighted by molar-refractivity contribution is 7.12. The van der Waals surface area contributed by atoms with Crippen LogP contribution in [0.4, 0.5) is 8.78 Å². The van der Waals surface area contributed by atoms with Gasteiger partial charge in [0, 0.05) is 17.0 Å². The number of aromatic nitrogens is 3. The van der Waals surface area contributed by atoms with Crippen LogP contribution in [0.3, 0.4) is 0 Å². The number of carboxylic acid groups (broad SMARTS) is 1. The number of aromatic carboxylic acids is 1. The van der Waals surface area contributed by atoms with Gasteiger partial charge in [0.1, 0.15) is 0 Å². The first-order valence-electron chi connectivity index (χ1n) is 5.93. The molecule has 1 aromatic carbocycles. The van der Waals surface area contributed by atoms with Gasteiger partial charge in [0.05, 0.1) is 5.69 Å². The predicted octanol–water partition coefficient (Wildman–Crippen LogP) is 2.27. The molecule has 22 heavy (non-hydrogen) atoms. The van der Waals surface area contributed by atoms with Crippen molar-refractivity contribution in [1.29, 1.82) is 0 Å². The minimum absolute atomic E-state index is 0.0640. The van der Waals surface area contributed by atoms with Crippen LogP contribution in [-0.4, -0.2) is 25.8 Å². The molecule has 2 N–H and O–H groups in total. The number of nitrogens with zero attached hydrogens (tertiary/aromatic N) is 2. The van der Waals surface area contributed by atoms with Crippen molar-refractivity contribution in [2.45, 2.75) is 0 Å². The summed E-state index contributed by atoms with van der Waals surface area (Å²) in [5.41, 5.74) is -0.815. The maximum atomic E-state index is 13.7. The average molecular weight is 323 g/mol. The fourth-order valence-electron chi connectivity index (χ4n) is 1.85. The van der Waals surface area contributed by atoms with E-state index in [1.54, 1.807) is 0 Å². The lowest BCUT2D eigenvalue weighted by Crippen LogP contribution is -2.13. The quantitative estimate of drug-likeness (QED) is 0.774. The van der Waals surface area contributed by atoms with E-state index in [1.807, 2.05) is 0 Å². The number of nitrogens with one attached hydrogen (secondary N) is 1. The number of benzene rings is 1. The fourth-order valence-corrected chi connectivity index (χ4v) is 2.62. The molecule has 0 unspecified atom stereocenters. The summed E-state index contributed by atoms with van der Waals surface area (Å²) >= 11 is 0.933. The van der Waals surface area contributed by atoms with Crippen LogP contribution in [0.25, 0.3) is 16.4 Å². The van der Waals surface area contributed by atoms with Gasteiger partial charge in [-0.3, -0.25) is 9.89 Å². The molecule has 0 spiro atoms. The molecule has 0 aliphatic heterocycles. The number of hydrogen-bond donors (Lipinski definition) is 2. The van der Waals surface area contributed by atoms with Crippen molar-refractivity contribution in [3.63, 3.8) is 0 Å². The molecule has 0 saturated heterocycles. The summed E-state index contributed by atoms with van der Waals surface area (Å²) < 4.78 is 28.0. The number of H-pyrrole nitrogens is 1. The Balaban J connectivity index is 2.09. The molecule has 6 nitrogen and oxygen atoms in total. The summed E-state index contributed by atoms with van der Waals surface area (Å²) in [5, 5.41) is 12.8. The van der Waals surface area contributed by atoms with Crippen molar-refractivity contribution in [3.8, 4) is 16.4 Å². The number of halogens is 2. The van der Waals surface area contributed by atoms with Crippen LogP contribution in [0.2, 0.25) is 0 Å². The van der Waals surface area contributed by atoms with Crippen molar-refractivity contribution < 1.29 is 18.7 Å². The minimum Gasteiger partial charge on any atom is -0.476 e. The van der Waals surface area contributed by atoms with Crippen molar-refractivity contribution in [2.75, 3.05) is 0 Å². The van der Waals surface area contributed by atoms with E-state index >= 15 is 0 Å². The van der Waals surface area contributed by atoms with Gasteiger partial charge in [0.25, 0.3) is 5.56 Å². The minimum atomic E-state index is -1.22. The van der Waals surface area contributed by atoms with Crippen LogP contribution in [0.15, 0.2) is 34.4 Å². The van der Waals surface area contributed by atoms with E-state index in [4.69, 9.17) is 5.11 Å². The van der Waals surface area contributed by atoms with E-state index < -0.39 is 23.2 Å². The molecular weight excluding hydrogens is 316 g/mol. The van der Waals surface area contributed by atoms with Crippen LogP contribution in [0.1, 0.15) is 10.5 Å². The Kier molecular flexibility index (Phi) is 3.33. The highest BCUT2D eigenvalue weighted by Crippen LogP contribution is 2.22. The van der Waals surface area contributed by atoms with Gasteiger partial charge in [-0.15, -0.1) is 11.3 Å². The average Bonchev–Trinajstić information content (AvgIpc) is 3.08. The summed E-state index contributed by atoms with van der Waals surface area (Å²) in [6.07, 6.45) is 0. The third-order valence-corrected chi connectivity index (χ3v) is 3.69. The van der Waals surface area contributed by atoms with Crippen LogP contribution in [-0.2, 0) is 0 Å². The molecule has 0 atom stereocenters. The lowest BCUT2D eigenvalue weighted by molar-refractivity contribution is 0.0691. The van der Waals surface area contributed by atoms with Crippen molar-refractivity contribution in [2.24, 2.45) is 0 Å². The van der Waals surface area contributed by atoms with E-state index in [1.165, 1.54) is 17.5 Å². The first-order chi connectivity index (χ1) is 10.5. The second-order valence-corrected chi connectivity index (χ2v) is 5.10. The number of carbonyl (C=O) groups is 1. The molecule has 0 amide bonds. The largest absolute Gasteiger partial charge is 0.476 e. The zero-order chi connectivity index (χ0) is 15.9. The van der Waals surface area contributed by atoms with E-state index in [9.17, 15) is 18.4 Å². The summed E-state index contributed by atoms with van der Waals surface area (Å²) in [6, 6.07) is 4.68. The lowest BCUT2D eigenvalue weighted by Gasteiger charge is -2.01. The first kappa shape index (κ1) is 14.1. The number of rotatable bonds is 3. The Hall–Kier alpha value is -2.81.